The molecule has 4 rings (SSSR count). The van der Waals surface area contributed by atoms with Crippen molar-refractivity contribution in [2.45, 2.75) is 44.7 Å². The number of nitrogens with two attached hydrogens (primary N) is 1. The Bertz CT molecular complexity index is 674. The van der Waals surface area contributed by atoms with Crippen LogP contribution in [0, 0.1) is 23.6 Å². The van der Waals surface area contributed by atoms with Crippen LogP contribution in [-0.4, -0.2) is 38.3 Å². The summed E-state index contributed by atoms with van der Waals surface area (Å²) in [6, 6.07) is 5.10. The molecule has 1 amide bonds. The summed E-state index contributed by atoms with van der Waals surface area (Å²) in [5.74, 6) is 0.823. The van der Waals surface area contributed by atoms with Crippen molar-refractivity contribution >= 4 is 36.4 Å². The summed E-state index contributed by atoms with van der Waals surface area (Å²) in [7, 11) is 0. The number of benzene rings is 1. The van der Waals surface area contributed by atoms with Gasteiger partial charge in [0.2, 0.25) is 5.91 Å². The van der Waals surface area contributed by atoms with Gasteiger partial charge in [-0.3, -0.25) is 4.79 Å². The fraction of sp³-hybridized carbons (Fsp3) is 0.667. The van der Waals surface area contributed by atoms with Crippen LogP contribution in [0.4, 0.5) is 10.1 Å². The highest BCUT2D eigenvalue weighted by Gasteiger charge is 2.40. The predicted octanol–water partition coefficient (Wildman–Crippen LogP) is 3.28. The summed E-state index contributed by atoms with van der Waals surface area (Å²) in [5.41, 5.74) is 8.16. The molecule has 1 heterocycles. The van der Waals surface area contributed by atoms with Crippen LogP contribution >= 0.6 is 24.8 Å². The highest BCUT2D eigenvalue weighted by molar-refractivity contribution is 5.85. The molecule has 3 N–H and O–H groups in total. The Morgan fingerprint density at radius 2 is 1.83 bits per heavy atom. The zero-order chi connectivity index (χ0) is 18.8. The Morgan fingerprint density at radius 3 is 2.48 bits per heavy atom. The highest BCUT2D eigenvalue weighted by Crippen LogP contribution is 2.41. The largest absolute Gasteiger partial charge is 0.378 e. The number of amides is 1. The van der Waals surface area contributed by atoms with Gasteiger partial charge in [0.1, 0.15) is 5.82 Å². The number of ether oxygens (including phenoxy) is 1. The van der Waals surface area contributed by atoms with Crippen LogP contribution < -0.4 is 16.0 Å². The van der Waals surface area contributed by atoms with Crippen LogP contribution in [0.5, 0.6) is 0 Å². The molecule has 1 aromatic rings. The topological polar surface area (TPSA) is 67.6 Å². The monoisotopic (exact) mass is 447 g/mol. The van der Waals surface area contributed by atoms with Gasteiger partial charge in [-0.05, 0) is 61.3 Å². The molecule has 1 saturated heterocycles. The number of anilines is 1. The maximum Gasteiger partial charge on any atom is 0.223 e. The van der Waals surface area contributed by atoms with E-state index in [1.54, 1.807) is 0 Å². The summed E-state index contributed by atoms with van der Waals surface area (Å²) in [6.45, 7) is 3.29. The van der Waals surface area contributed by atoms with E-state index in [4.69, 9.17) is 10.5 Å². The Kier molecular flexibility index (Phi) is 9.01. The number of rotatable bonds is 4. The predicted molar refractivity (Wildman–Crippen MR) is 117 cm³/mol. The lowest BCUT2D eigenvalue weighted by molar-refractivity contribution is -0.128. The molecular formula is C21H32Cl2FN3O2. The molecule has 0 spiro atoms. The minimum Gasteiger partial charge on any atom is -0.378 e. The number of nitrogens with one attached hydrogen (secondary N) is 1. The van der Waals surface area contributed by atoms with Crippen molar-refractivity contribution in [2.75, 3.05) is 31.2 Å². The molecule has 2 bridgehead atoms. The smallest absolute Gasteiger partial charge is 0.223 e. The number of morpholine rings is 1. The van der Waals surface area contributed by atoms with E-state index in [-0.39, 0.29) is 48.5 Å². The van der Waals surface area contributed by atoms with E-state index in [0.29, 0.717) is 31.6 Å². The van der Waals surface area contributed by atoms with Gasteiger partial charge in [-0.25, -0.2) is 4.39 Å². The standard InChI is InChI=1S/C21H30FN3O2.2ClH/c22-18-4-5-19(25-6-8-27-9-7-25)17(12-18)13-24-21(26)16-10-14-2-1-3-15(11-16)20(14)23;;/h4-5,12,14-16,20H,1-3,6-11,13,23H2,(H,24,26);2*1H. The van der Waals surface area contributed by atoms with Crippen molar-refractivity contribution in [1.82, 2.24) is 5.32 Å². The summed E-state index contributed by atoms with van der Waals surface area (Å²) in [4.78, 5) is 15.0. The van der Waals surface area contributed by atoms with Gasteiger partial charge in [-0.1, -0.05) is 6.42 Å². The van der Waals surface area contributed by atoms with E-state index < -0.39 is 0 Å². The number of nitrogens with zero attached hydrogens (tertiary/aromatic N) is 1. The van der Waals surface area contributed by atoms with E-state index >= 15 is 0 Å². The van der Waals surface area contributed by atoms with Gasteiger partial charge < -0.3 is 20.7 Å². The van der Waals surface area contributed by atoms with Crippen molar-refractivity contribution < 1.29 is 13.9 Å². The molecule has 3 aliphatic rings. The van der Waals surface area contributed by atoms with Crippen LogP contribution in [-0.2, 0) is 16.1 Å². The number of hydrogen-bond donors (Lipinski definition) is 2. The Morgan fingerprint density at radius 1 is 1.17 bits per heavy atom. The number of carbonyl (C=O) groups is 1. The molecule has 0 radical (unpaired) electrons. The molecule has 3 fully saturated rings. The zero-order valence-corrected chi connectivity index (χ0v) is 18.3. The Balaban J connectivity index is 0.00000150. The molecule has 1 aliphatic heterocycles. The maximum absolute atomic E-state index is 13.8. The molecule has 164 valence electrons. The fourth-order valence-corrected chi connectivity index (χ4v) is 5.14. The molecule has 5 nitrogen and oxygen atoms in total. The van der Waals surface area contributed by atoms with Gasteiger partial charge in [0.25, 0.3) is 0 Å². The maximum atomic E-state index is 13.8. The average Bonchev–Trinajstić information content (AvgIpc) is 2.66. The first-order chi connectivity index (χ1) is 13.1. The SMILES string of the molecule is Cl.Cl.NC1C2CCCC1CC(C(=O)NCc1cc(F)ccc1N1CCOCC1)C2. The van der Waals surface area contributed by atoms with Gasteiger partial charge in [0.15, 0.2) is 0 Å². The third-order valence-electron chi connectivity index (χ3n) is 6.63. The first-order valence-corrected chi connectivity index (χ1v) is 10.3. The van der Waals surface area contributed by atoms with E-state index in [2.05, 4.69) is 10.2 Å². The molecular weight excluding hydrogens is 416 g/mol. The lowest BCUT2D eigenvalue weighted by atomic mass is 9.65. The van der Waals surface area contributed by atoms with Crippen LogP contribution in [0.3, 0.4) is 0 Å². The van der Waals surface area contributed by atoms with Crippen molar-refractivity contribution in [3.63, 3.8) is 0 Å². The lowest BCUT2D eigenvalue weighted by Gasteiger charge is -2.43. The molecule has 1 aromatic carbocycles. The molecule has 29 heavy (non-hydrogen) atoms. The van der Waals surface area contributed by atoms with Crippen LogP contribution in [0.1, 0.15) is 37.7 Å². The second-order valence-corrected chi connectivity index (χ2v) is 8.29. The first kappa shape index (κ1) is 24.2. The normalized spacial score (nSPS) is 28.7. The van der Waals surface area contributed by atoms with Gasteiger partial charge in [-0.2, -0.15) is 0 Å². The summed E-state index contributed by atoms with van der Waals surface area (Å²) < 4.78 is 19.2. The van der Waals surface area contributed by atoms with Crippen molar-refractivity contribution in [1.29, 1.82) is 0 Å². The summed E-state index contributed by atoms with van der Waals surface area (Å²) in [6.07, 6.45) is 5.31. The van der Waals surface area contributed by atoms with Crippen molar-refractivity contribution in [2.24, 2.45) is 23.5 Å². The summed E-state index contributed by atoms with van der Waals surface area (Å²) in [5, 5.41) is 3.08. The van der Waals surface area contributed by atoms with Crippen LogP contribution in [0.15, 0.2) is 18.2 Å². The number of carbonyl (C=O) groups excluding carboxylic acids is 1. The lowest BCUT2D eigenvalue weighted by Crippen LogP contribution is -2.49. The van der Waals surface area contributed by atoms with Gasteiger partial charge in [0.05, 0.1) is 13.2 Å². The van der Waals surface area contributed by atoms with E-state index in [9.17, 15) is 9.18 Å². The number of hydrogen-bond acceptors (Lipinski definition) is 4. The van der Waals surface area contributed by atoms with Crippen molar-refractivity contribution in [3.8, 4) is 0 Å². The zero-order valence-electron chi connectivity index (χ0n) is 16.6. The van der Waals surface area contributed by atoms with Crippen molar-refractivity contribution in [3.05, 3.63) is 29.6 Å². The van der Waals surface area contributed by atoms with Gasteiger partial charge in [0, 0.05) is 37.3 Å². The van der Waals surface area contributed by atoms with Gasteiger partial charge >= 0.3 is 0 Å². The van der Waals surface area contributed by atoms with Crippen LogP contribution in [0.25, 0.3) is 0 Å². The number of halogens is 3. The average molecular weight is 448 g/mol. The molecule has 2 unspecified atom stereocenters. The van der Waals surface area contributed by atoms with Gasteiger partial charge in [-0.15, -0.1) is 24.8 Å². The van der Waals surface area contributed by atoms with E-state index in [1.165, 1.54) is 18.6 Å². The minimum atomic E-state index is -0.269. The third kappa shape index (κ3) is 5.54. The Hall–Kier alpha value is -1.08. The third-order valence-corrected chi connectivity index (χ3v) is 6.63. The highest BCUT2D eigenvalue weighted by atomic mass is 35.5. The molecule has 2 aliphatic carbocycles. The second-order valence-electron chi connectivity index (χ2n) is 8.29. The van der Waals surface area contributed by atoms with E-state index in [1.807, 2.05) is 6.07 Å². The second kappa shape index (κ2) is 10.8. The van der Waals surface area contributed by atoms with E-state index in [0.717, 1.165) is 50.0 Å². The first-order valence-electron chi connectivity index (χ1n) is 10.3. The quantitative estimate of drug-likeness (QED) is 0.742. The molecule has 8 heteroatoms. The molecule has 2 atom stereocenters. The minimum absolute atomic E-state index is 0. The number of fused-ring (bicyclic) bond motifs is 2. The molecule has 2 saturated carbocycles. The molecule has 0 aromatic heterocycles. The summed E-state index contributed by atoms with van der Waals surface area (Å²) >= 11 is 0. The van der Waals surface area contributed by atoms with Crippen LogP contribution in [0.2, 0.25) is 0 Å². The fourth-order valence-electron chi connectivity index (χ4n) is 5.14. The Labute approximate surface area is 184 Å².